The predicted molar refractivity (Wildman–Crippen MR) is 83.0 cm³/mol. The molecule has 0 unspecified atom stereocenters. The number of anilines is 2. The Morgan fingerprint density at radius 1 is 1.15 bits per heavy atom. The Balaban J connectivity index is 2.89. The van der Waals surface area contributed by atoms with Crippen LogP contribution in [-0.2, 0) is 6.42 Å². The molecule has 20 heavy (non-hydrogen) atoms. The molecule has 5 N–H and O–H groups in total. The van der Waals surface area contributed by atoms with Gasteiger partial charge in [-0.2, -0.15) is 0 Å². The van der Waals surface area contributed by atoms with E-state index in [1.54, 1.807) is 6.07 Å². The van der Waals surface area contributed by atoms with Crippen LogP contribution in [0.3, 0.4) is 0 Å². The van der Waals surface area contributed by atoms with Gasteiger partial charge in [0.25, 0.3) is 0 Å². The van der Waals surface area contributed by atoms with Crippen LogP contribution in [0.15, 0.2) is 12.1 Å². The molecule has 0 bridgehead atoms. The monoisotopic (exact) mass is 279 g/mol. The summed E-state index contributed by atoms with van der Waals surface area (Å²) in [5, 5.41) is 9.24. The molecule has 1 aromatic rings. The van der Waals surface area contributed by atoms with Crippen molar-refractivity contribution in [3.05, 3.63) is 23.3 Å². The van der Waals surface area contributed by atoms with Crippen molar-refractivity contribution in [3.8, 4) is 0 Å². The highest BCUT2D eigenvalue weighted by Crippen LogP contribution is 2.24. The maximum absolute atomic E-state index is 11.3. The van der Waals surface area contributed by atoms with E-state index in [0.29, 0.717) is 23.4 Å². The number of hydrogen-bond donors (Lipinski definition) is 3. The molecule has 0 atom stereocenters. The van der Waals surface area contributed by atoms with Crippen molar-refractivity contribution in [3.63, 3.8) is 0 Å². The zero-order valence-electron chi connectivity index (χ0n) is 12.4. The molecule has 0 fully saturated rings. The summed E-state index contributed by atoms with van der Waals surface area (Å²) in [6, 6.07) is 3.09. The summed E-state index contributed by atoms with van der Waals surface area (Å²) >= 11 is 0. The Bertz CT molecular complexity index is 455. The van der Waals surface area contributed by atoms with Crippen molar-refractivity contribution in [2.45, 2.75) is 33.1 Å². The number of carboxylic acids is 1. The van der Waals surface area contributed by atoms with E-state index in [0.717, 1.165) is 32.5 Å². The summed E-state index contributed by atoms with van der Waals surface area (Å²) < 4.78 is 0. The van der Waals surface area contributed by atoms with Crippen molar-refractivity contribution in [2.75, 3.05) is 31.1 Å². The van der Waals surface area contributed by atoms with Gasteiger partial charge >= 0.3 is 5.97 Å². The van der Waals surface area contributed by atoms with Gasteiger partial charge in [-0.1, -0.05) is 13.8 Å². The molecule has 5 nitrogen and oxygen atoms in total. The lowest BCUT2D eigenvalue weighted by atomic mass is 10.0. The van der Waals surface area contributed by atoms with Crippen molar-refractivity contribution in [1.82, 2.24) is 4.90 Å². The van der Waals surface area contributed by atoms with Crippen LogP contribution in [0, 0.1) is 0 Å². The van der Waals surface area contributed by atoms with Crippen LogP contribution in [0.5, 0.6) is 0 Å². The first-order valence-electron chi connectivity index (χ1n) is 7.13. The fraction of sp³-hybridized carbons (Fsp3) is 0.533. The number of benzene rings is 1. The van der Waals surface area contributed by atoms with Crippen LogP contribution >= 0.6 is 0 Å². The zero-order chi connectivity index (χ0) is 15.1. The second kappa shape index (κ2) is 7.75. The minimum absolute atomic E-state index is 0.254. The van der Waals surface area contributed by atoms with E-state index in [1.165, 1.54) is 6.07 Å². The normalized spacial score (nSPS) is 10.9. The van der Waals surface area contributed by atoms with Gasteiger partial charge in [-0.25, -0.2) is 4.79 Å². The molecule has 0 radical (unpaired) electrons. The molecule has 0 aliphatic heterocycles. The lowest BCUT2D eigenvalue weighted by Crippen LogP contribution is -2.28. The van der Waals surface area contributed by atoms with Crippen LogP contribution in [0.1, 0.15) is 42.6 Å². The number of nitrogen functional groups attached to an aromatic ring is 2. The van der Waals surface area contributed by atoms with E-state index in [1.807, 2.05) is 0 Å². The molecule has 1 aromatic carbocycles. The van der Waals surface area contributed by atoms with E-state index < -0.39 is 5.97 Å². The third kappa shape index (κ3) is 4.13. The van der Waals surface area contributed by atoms with Crippen LogP contribution in [-0.4, -0.2) is 35.6 Å². The third-order valence-electron chi connectivity index (χ3n) is 3.38. The van der Waals surface area contributed by atoms with Crippen molar-refractivity contribution < 1.29 is 9.90 Å². The van der Waals surface area contributed by atoms with Gasteiger partial charge in [0.15, 0.2) is 0 Å². The zero-order valence-corrected chi connectivity index (χ0v) is 12.4. The molecule has 112 valence electrons. The summed E-state index contributed by atoms with van der Waals surface area (Å²) in [6.07, 6.45) is 2.77. The van der Waals surface area contributed by atoms with E-state index >= 15 is 0 Å². The van der Waals surface area contributed by atoms with Crippen molar-refractivity contribution >= 4 is 17.3 Å². The van der Waals surface area contributed by atoms with Crippen LogP contribution in [0.2, 0.25) is 0 Å². The molecule has 0 spiro atoms. The Morgan fingerprint density at radius 2 is 1.75 bits per heavy atom. The molecule has 0 saturated heterocycles. The molecular formula is C15H25N3O2. The molecule has 0 amide bonds. The lowest BCUT2D eigenvalue weighted by molar-refractivity contribution is 0.0695. The van der Waals surface area contributed by atoms with Gasteiger partial charge in [0.1, 0.15) is 0 Å². The van der Waals surface area contributed by atoms with Gasteiger partial charge in [0.2, 0.25) is 0 Å². The molecule has 0 heterocycles. The first-order valence-corrected chi connectivity index (χ1v) is 7.13. The van der Waals surface area contributed by atoms with Crippen molar-refractivity contribution in [1.29, 1.82) is 0 Å². The Hall–Kier alpha value is -1.75. The summed E-state index contributed by atoms with van der Waals surface area (Å²) in [6.45, 7) is 7.10. The number of nitrogens with zero attached hydrogens (tertiary/aromatic N) is 1. The number of nitrogens with two attached hydrogens (primary N) is 2. The predicted octanol–water partition coefficient (Wildman–Crippen LogP) is 2.21. The Labute approximate surface area is 120 Å². The second-order valence-corrected chi connectivity index (χ2v) is 4.99. The highest BCUT2D eigenvalue weighted by Gasteiger charge is 2.15. The van der Waals surface area contributed by atoms with Crippen LogP contribution < -0.4 is 11.5 Å². The highest BCUT2D eigenvalue weighted by atomic mass is 16.4. The highest BCUT2D eigenvalue weighted by molar-refractivity contribution is 5.93. The van der Waals surface area contributed by atoms with Crippen LogP contribution in [0.4, 0.5) is 11.4 Å². The van der Waals surface area contributed by atoms with Gasteiger partial charge in [-0.15, -0.1) is 0 Å². The van der Waals surface area contributed by atoms with Gasteiger partial charge in [0.05, 0.1) is 16.9 Å². The third-order valence-corrected chi connectivity index (χ3v) is 3.38. The maximum Gasteiger partial charge on any atom is 0.336 e. The molecular weight excluding hydrogens is 254 g/mol. The van der Waals surface area contributed by atoms with Gasteiger partial charge in [-0.3, -0.25) is 0 Å². The average molecular weight is 279 g/mol. The van der Waals surface area contributed by atoms with Gasteiger partial charge in [0, 0.05) is 6.54 Å². The van der Waals surface area contributed by atoms with E-state index in [-0.39, 0.29) is 5.56 Å². The van der Waals surface area contributed by atoms with Crippen molar-refractivity contribution in [2.24, 2.45) is 0 Å². The van der Waals surface area contributed by atoms with E-state index in [9.17, 15) is 9.90 Å². The summed E-state index contributed by atoms with van der Waals surface area (Å²) in [5.74, 6) is -0.954. The second-order valence-electron chi connectivity index (χ2n) is 4.99. The Kier molecular flexibility index (Phi) is 6.31. The SMILES string of the molecule is CCCN(CCC)CCc1c(C(=O)O)ccc(N)c1N. The summed E-state index contributed by atoms with van der Waals surface area (Å²) in [5.41, 5.74) is 13.5. The summed E-state index contributed by atoms with van der Waals surface area (Å²) in [4.78, 5) is 13.6. The van der Waals surface area contributed by atoms with E-state index in [2.05, 4.69) is 18.7 Å². The number of aromatic carboxylic acids is 1. The average Bonchev–Trinajstić information content (AvgIpc) is 2.40. The quantitative estimate of drug-likeness (QED) is 0.634. The molecule has 0 aromatic heterocycles. The molecule has 1 rings (SSSR count). The molecule has 0 saturated carbocycles. The standard InChI is InChI=1S/C15H25N3O2/c1-3-8-18(9-4-2)10-7-11-12(15(19)20)5-6-13(16)14(11)17/h5-6H,3-4,7-10,16-17H2,1-2H3,(H,19,20). The number of carbonyl (C=O) groups is 1. The fourth-order valence-corrected chi connectivity index (χ4v) is 2.39. The van der Waals surface area contributed by atoms with Gasteiger partial charge in [-0.05, 0) is 50.0 Å². The first kappa shape index (κ1) is 16.3. The van der Waals surface area contributed by atoms with Gasteiger partial charge < -0.3 is 21.5 Å². The Morgan fingerprint density at radius 3 is 2.25 bits per heavy atom. The maximum atomic E-state index is 11.3. The lowest BCUT2D eigenvalue weighted by Gasteiger charge is -2.22. The topological polar surface area (TPSA) is 92.6 Å². The minimum atomic E-state index is -0.954. The fourth-order valence-electron chi connectivity index (χ4n) is 2.39. The number of hydrogen-bond acceptors (Lipinski definition) is 4. The molecule has 5 heteroatoms. The molecule has 0 aliphatic rings. The van der Waals surface area contributed by atoms with Crippen LogP contribution in [0.25, 0.3) is 0 Å². The number of rotatable bonds is 8. The minimum Gasteiger partial charge on any atom is -0.478 e. The number of carboxylic acid groups (broad SMARTS) is 1. The van der Waals surface area contributed by atoms with E-state index in [4.69, 9.17) is 11.5 Å². The first-order chi connectivity index (χ1) is 9.51. The molecule has 0 aliphatic carbocycles. The smallest absolute Gasteiger partial charge is 0.336 e. The summed E-state index contributed by atoms with van der Waals surface area (Å²) in [7, 11) is 0. The largest absolute Gasteiger partial charge is 0.478 e.